The summed E-state index contributed by atoms with van der Waals surface area (Å²) >= 11 is 12.2. The standard InChI is InChI=1S/C26H30Cl2N4O2/c1-26(2,32-15-23(33)19-6-7-24(29)31-14-19)13-16-4-3-5-18(8-16)22(25(30)34)11-17-9-20(27)12-21(28)10-17/h3-10,12,14,22-23,32-33H,11,13,15H2,1-2H3,(H2,29,31)(H2,30,34)/t22?,23-/m0/s1. The van der Waals surface area contributed by atoms with E-state index in [0.717, 1.165) is 16.7 Å². The summed E-state index contributed by atoms with van der Waals surface area (Å²) in [5.41, 5.74) is 14.5. The van der Waals surface area contributed by atoms with E-state index < -0.39 is 17.9 Å². The lowest BCUT2D eigenvalue weighted by molar-refractivity contribution is -0.119. The molecule has 1 heterocycles. The Morgan fingerprint density at radius 2 is 1.76 bits per heavy atom. The van der Waals surface area contributed by atoms with Crippen LogP contribution in [0.5, 0.6) is 0 Å². The van der Waals surface area contributed by atoms with Crippen LogP contribution in [0, 0.1) is 0 Å². The minimum Gasteiger partial charge on any atom is -0.387 e. The number of anilines is 1. The van der Waals surface area contributed by atoms with E-state index in [1.54, 1.807) is 36.5 Å². The molecule has 34 heavy (non-hydrogen) atoms. The molecule has 1 unspecified atom stereocenters. The molecular weight excluding hydrogens is 471 g/mol. The van der Waals surface area contributed by atoms with Gasteiger partial charge < -0.3 is 21.9 Å². The third kappa shape index (κ3) is 7.43. The van der Waals surface area contributed by atoms with Gasteiger partial charge in [0, 0.05) is 33.9 Å². The van der Waals surface area contributed by atoms with E-state index in [-0.39, 0.29) is 5.54 Å². The number of halogens is 2. The molecule has 1 amide bonds. The summed E-state index contributed by atoms with van der Waals surface area (Å²) in [7, 11) is 0. The number of nitrogens with two attached hydrogens (primary N) is 2. The third-order valence-electron chi connectivity index (χ3n) is 5.67. The predicted octanol–water partition coefficient (Wildman–Crippen LogP) is 4.43. The van der Waals surface area contributed by atoms with Gasteiger partial charge in [0.2, 0.25) is 5.91 Å². The molecule has 0 bridgehead atoms. The molecule has 3 aromatic rings. The summed E-state index contributed by atoms with van der Waals surface area (Å²) in [5.74, 6) is -0.506. The predicted molar refractivity (Wildman–Crippen MR) is 138 cm³/mol. The van der Waals surface area contributed by atoms with E-state index in [1.807, 2.05) is 24.3 Å². The van der Waals surface area contributed by atoms with Crippen LogP contribution >= 0.6 is 23.2 Å². The number of aromatic nitrogens is 1. The van der Waals surface area contributed by atoms with Gasteiger partial charge in [-0.2, -0.15) is 0 Å². The van der Waals surface area contributed by atoms with Crippen molar-refractivity contribution < 1.29 is 9.90 Å². The fraction of sp³-hybridized carbons (Fsp3) is 0.308. The van der Waals surface area contributed by atoms with E-state index in [0.29, 0.717) is 40.8 Å². The third-order valence-corrected chi connectivity index (χ3v) is 6.11. The number of hydrogen-bond acceptors (Lipinski definition) is 5. The molecule has 0 aliphatic carbocycles. The van der Waals surface area contributed by atoms with Gasteiger partial charge in [0.05, 0.1) is 12.0 Å². The zero-order chi connectivity index (χ0) is 24.9. The van der Waals surface area contributed by atoms with Crippen LogP contribution in [-0.2, 0) is 17.6 Å². The van der Waals surface area contributed by atoms with Gasteiger partial charge in [0.15, 0.2) is 0 Å². The highest BCUT2D eigenvalue weighted by Gasteiger charge is 2.23. The SMILES string of the molecule is CC(C)(Cc1cccc(C(Cc2cc(Cl)cc(Cl)c2)C(N)=O)c1)NC[C@H](O)c1ccc(N)nc1. The van der Waals surface area contributed by atoms with Gasteiger partial charge in [-0.1, -0.05) is 53.5 Å². The van der Waals surface area contributed by atoms with E-state index in [2.05, 4.69) is 24.1 Å². The minimum atomic E-state index is -0.706. The molecule has 2 atom stereocenters. The van der Waals surface area contributed by atoms with Crippen molar-refractivity contribution in [2.75, 3.05) is 12.3 Å². The number of nitrogens with one attached hydrogen (secondary N) is 1. The largest absolute Gasteiger partial charge is 0.387 e. The Hall–Kier alpha value is -2.64. The lowest BCUT2D eigenvalue weighted by Crippen LogP contribution is -2.43. The van der Waals surface area contributed by atoms with Gasteiger partial charge in [-0.05, 0) is 67.6 Å². The molecule has 0 spiro atoms. The second kappa shape index (κ2) is 11.2. The number of nitrogen functional groups attached to an aromatic ring is 1. The quantitative estimate of drug-likeness (QED) is 0.328. The van der Waals surface area contributed by atoms with Crippen LogP contribution in [0.3, 0.4) is 0 Å². The van der Waals surface area contributed by atoms with Crippen molar-refractivity contribution in [3.63, 3.8) is 0 Å². The number of benzene rings is 2. The van der Waals surface area contributed by atoms with Crippen LogP contribution in [-0.4, -0.2) is 28.1 Å². The molecule has 6 nitrogen and oxygen atoms in total. The molecule has 0 radical (unpaired) electrons. The fourth-order valence-electron chi connectivity index (χ4n) is 3.94. The van der Waals surface area contributed by atoms with Crippen molar-refractivity contribution in [1.82, 2.24) is 10.3 Å². The van der Waals surface area contributed by atoms with Crippen LogP contribution in [0.15, 0.2) is 60.8 Å². The van der Waals surface area contributed by atoms with Crippen LogP contribution in [0.4, 0.5) is 5.82 Å². The van der Waals surface area contributed by atoms with Crippen LogP contribution < -0.4 is 16.8 Å². The molecule has 2 aromatic carbocycles. The van der Waals surface area contributed by atoms with Gasteiger partial charge in [-0.3, -0.25) is 4.79 Å². The van der Waals surface area contributed by atoms with Crippen LogP contribution in [0.2, 0.25) is 10.0 Å². The Labute approximate surface area is 210 Å². The van der Waals surface area contributed by atoms with E-state index in [9.17, 15) is 9.90 Å². The summed E-state index contributed by atoms with van der Waals surface area (Å²) in [4.78, 5) is 16.3. The van der Waals surface area contributed by atoms with Crippen molar-refractivity contribution in [3.05, 3.63) is 93.1 Å². The van der Waals surface area contributed by atoms with Crippen LogP contribution in [0.25, 0.3) is 0 Å². The number of nitrogens with zero attached hydrogens (tertiary/aromatic N) is 1. The summed E-state index contributed by atoms with van der Waals surface area (Å²) < 4.78 is 0. The number of aliphatic hydroxyl groups excluding tert-OH is 1. The molecule has 1 aromatic heterocycles. The highest BCUT2D eigenvalue weighted by atomic mass is 35.5. The molecule has 8 heteroatoms. The summed E-state index contributed by atoms with van der Waals surface area (Å²) in [6.07, 6.45) is 1.96. The average molecular weight is 501 g/mol. The number of carbonyl (C=O) groups excluding carboxylic acids is 1. The van der Waals surface area contributed by atoms with Gasteiger partial charge in [-0.15, -0.1) is 0 Å². The molecule has 3 rings (SSSR count). The van der Waals surface area contributed by atoms with Crippen molar-refractivity contribution in [2.45, 2.75) is 44.2 Å². The van der Waals surface area contributed by atoms with Crippen molar-refractivity contribution >= 4 is 34.9 Å². The summed E-state index contributed by atoms with van der Waals surface area (Å²) in [5, 5.41) is 14.9. The number of hydrogen-bond donors (Lipinski definition) is 4. The number of carbonyl (C=O) groups is 1. The molecular formula is C26H30Cl2N4O2. The molecule has 6 N–H and O–H groups in total. The second-order valence-corrected chi connectivity index (χ2v) is 10.0. The summed E-state index contributed by atoms with van der Waals surface area (Å²) in [6, 6.07) is 16.5. The Balaban J connectivity index is 1.69. The van der Waals surface area contributed by atoms with Crippen molar-refractivity contribution in [1.29, 1.82) is 0 Å². The first-order valence-electron chi connectivity index (χ1n) is 11.0. The smallest absolute Gasteiger partial charge is 0.225 e. The van der Waals surface area contributed by atoms with Gasteiger partial charge in [0.25, 0.3) is 0 Å². The lowest BCUT2D eigenvalue weighted by atomic mass is 9.88. The number of primary amides is 1. The molecule has 180 valence electrons. The Morgan fingerprint density at radius 1 is 1.06 bits per heavy atom. The van der Waals surface area contributed by atoms with Crippen LogP contribution in [0.1, 0.15) is 48.1 Å². The highest BCUT2D eigenvalue weighted by Crippen LogP contribution is 2.27. The second-order valence-electron chi connectivity index (χ2n) is 9.16. The Bertz CT molecular complexity index is 1120. The fourth-order valence-corrected chi connectivity index (χ4v) is 4.52. The van der Waals surface area contributed by atoms with E-state index in [1.165, 1.54) is 0 Å². The number of rotatable bonds is 10. The number of pyridine rings is 1. The van der Waals surface area contributed by atoms with Gasteiger partial charge >= 0.3 is 0 Å². The number of aliphatic hydroxyl groups is 1. The molecule has 0 aliphatic heterocycles. The first-order chi connectivity index (χ1) is 16.0. The topological polar surface area (TPSA) is 114 Å². The maximum absolute atomic E-state index is 12.3. The first kappa shape index (κ1) is 26.0. The zero-order valence-electron chi connectivity index (χ0n) is 19.3. The zero-order valence-corrected chi connectivity index (χ0v) is 20.8. The van der Waals surface area contributed by atoms with Gasteiger partial charge in [0.1, 0.15) is 5.82 Å². The van der Waals surface area contributed by atoms with E-state index in [4.69, 9.17) is 34.7 Å². The van der Waals surface area contributed by atoms with E-state index >= 15 is 0 Å². The highest BCUT2D eigenvalue weighted by molar-refractivity contribution is 6.34. The number of β-amino-alcohol motifs (C(OH)–C–C–N with tert-alkyl or cyclic N) is 1. The maximum atomic E-state index is 12.3. The normalized spacial score (nSPS) is 13.4. The van der Waals surface area contributed by atoms with Gasteiger partial charge in [-0.25, -0.2) is 4.98 Å². The number of amides is 1. The molecule has 0 saturated carbocycles. The minimum absolute atomic E-state index is 0.316. The van der Waals surface area contributed by atoms with Crippen molar-refractivity contribution in [2.24, 2.45) is 5.73 Å². The monoisotopic (exact) mass is 500 g/mol. The Kier molecular flexibility index (Phi) is 8.55. The Morgan fingerprint density at radius 3 is 2.38 bits per heavy atom. The maximum Gasteiger partial charge on any atom is 0.225 e. The summed E-state index contributed by atoms with van der Waals surface area (Å²) in [6.45, 7) is 4.48. The first-order valence-corrected chi connectivity index (χ1v) is 11.8. The average Bonchev–Trinajstić information content (AvgIpc) is 2.75. The molecule has 0 saturated heterocycles. The molecule has 0 fully saturated rings. The molecule has 0 aliphatic rings. The van der Waals surface area contributed by atoms with Crippen molar-refractivity contribution in [3.8, 4) is 0 Å². The lowest BCUT2D eigenvalue weighted by Gasteiger charge is -2.28.